The van der Waals surface area contributed by atoms with Crippen molar-refractivity contribution >= 4 is 56.2 Å². The number of benzene rings is 2. The van der Waals surface area contributed by atoms with Gasteiger partial charge in [0, 0.05) is 22.0 Å². The zero-order valence-corrected chi connectivity index (χ0v) is 20.0. The van der Waals surface area contributed by atoms with Gasteiger partial charge in [0.2, 0.25) is 0 Å². The van der Waals surface area contributed by atoms with Crippen LogP contribution in [0.2, 0.25) is 0 Å². The smallest absolute Gasteiger partial charge is 0.272 e. The number of nitrogens with one attached hydrogen (secondary N) is 5. The third-order valence-corrected chi connectivity index (χ3v) is 7.10. The van der Waals surface area contributed by atoms with Gasteiger partial charge in [-0.15, -0.1) is 11.3 Å². The van der Waals surface area contributed by atoms with Gasteiger partial charge in [0.1, 0.15) is 17.7 Å². The molecule has 1 amide bonds. The Labute approximate surface area is 213 Å². The van der Waals surface area contributed by atoms with Gasteiger partial charge in [0.15, 0.2) is 0 Å². The molecular formula is C26H19N9OS. The van der Waals surface area contributed by atoms with Crippen LogP contribution in [-0.4, -0.2) is 31.3 Å². The molecule has 1 aliphatic heterocycles. The summed E-state index contributed by atoms with van der Waals surface area (Å²) in [5.41, 5.74) is 4.81. The van der Waals surface area contributed by atoms with Gasteiger partial charge in [0.05, 0.1) is 39.7 Å². The van der Waals surface area contributed by atoms with Crippen LogP contribution in [0.25, 0.3) is 27.6 Å². The minimum Gasteiger partial charge on any atom is -0.351 e. The Hall–Kier alpha value is -5.03. The van der Waals surface area contributed by atoms with Gasteiger partial charge in [-0.05, 0) is 53.4 Å². The van der Waals surface area contributed by atoms with E-state index in [1.165, 1.54) is 12.4 Å². The predicted molar refractivity (Wildman–Crippen MR) is 142 cm³/mol. The van der Waals surface area contributed by atoms with Crippen LogP contribution in [0.4, 0.5) is 11.4 Å². The Bertz CT molecular complexity index is 1900. The Morgan fingerprint density at radius 2 is 1.89 bits per heavy atom. The number of aromatic nitrogens is 5. The number of carbonyl (C=O) groups excluding carboxylic acids is 1. The summed E-state index contributed by atoms with van der Waals surface area (Å²) in [5, 5.41) is 29.4. The molecule has 1 aliphatic rings. The largest absolute Gasteiger partial charge is 0.351 e. The number of thiophene rings is 1. The first-order valence-electron chi connectivity index (χ1n) is 11.5. The van der Waals surface area contributed by atoms with Gasteiger partial charge < -0.3 is 20.9 Å². The summed E-state index contributed by atoms with van der Waals surface area (Å²) >= 11 is 1.63. The average molecular weight is 506 g/mol. The molecule has 5 heterocycles. The zero-order valence-electron chi connectivity index (χ0n) is 19.2. The molecule has 7 rings (SSSR count). The topological polar surface area (TPSA) is 136 Å². The molecule has 180 valence electrons. The highest BCUT2D eigenvalue weighted by Gasteiger charge is 2.19. The van der Waals surface area contributed by atoms with Crippen LogP contribution in [0.5, 0.6) is 0 Å². The molecule has 2 aromatic carbocycles. The lowest BCUT2D eigenvalue weighted by Gasteiger charge is -2.22. The number of rotatable bonds is 5. The number of H-pyrrole nitrogens is 2. The average Bonchev–Trinajstić information content (AvgIpc) is 3.67. The number of hydrogen-bond acceptors (Lipinski definition) is 8. The molecule has 0 fully saturated rings. The Morgan fingerprint density at radius 1 is 0.919 bits per heavy atom. The number of nitrogens with zero attached hydrogens (tertiary/aromatic N) is 4. The highest BCUT2D eigenvalue weighted by molar-refractivity contribution is 7.07. The zero-order chi connectivity index (χ0) is 24.8. The summed E-state index contributed by atoms with van der Waals surface area (Å²) in [5.74, 6) is 0.647. The summed E-state index contributed by atoms with van der Waals surface area (Å²) < 4.78 is 1.05. The molecule has 0 bridgehead atoms. The predicted octanol–water partition coefficient (Wildman–Crippen LogP) is 3.25. The summed E-state index contributed by atoms with van der Waals surface area (Å²) in [6.07, 6.45) is 4.54. The van der Waals surface area contributed by atoms with Gasteiger partial charge in [-0.25, -0.2) is 0 Å². The molecule has 37 heavy (non-hydrogen) atoms. The second-order valence-electron chi connectivity index (χ2n) is 8.60. The standard InChI is InChI=1S/C26H19N9OS/c36-26(31-18-5-7-27-28-13-18)22-10-14-1-2-15(11-21(14)32-22)24-33-20-6-8-37-23(20)25(34-24)30-17-3-4-19-16(9-17)12-29-35-19/h1-13,24,30,32,34H,(H,29,35)(H,27,31,36). The van der Waals surface area contributed by atoms with E-state index in [9.17, 15) is 4.79 Å². The van der Waals surface area contributed by atoms with Gasteiger partial charge >= 0.3 is 0 Å². The summed E-state index contributed by atoms with van der Waals surface area (Å²) in [6, 6.07) is 17.7. The molecule has 5 N–H and O–H groups in total. The fourth-order valence-corrected chi connectivity index (χ4v) is 5.18. The van der Waals surface area contributed by atoms with E-state index >= 15 is 0 Å². The van der Waals surface area contributed by atoms with E-state index in [2.05, 4.69) is 47.4 Å². The van der Waals surface area contributed by atoms with Crippen LogP contribution >= 0.6 is 11.3 Å². The number of hydrogen-bond donors (Lipinski definition) is 5. The van der Waals surface area contributed by atoms with Crippen LogP contribution in [-0.2, 0) is 0 Å². The van der Waals surface area contributed by atoms with E-state index in [4.69, 9.17) is 4.99 Å². The Kier molecular flexibility index (Phi) is 4.93. The highest BCUT2D eigenvalue weighted by atomic mass is 32.1. The molecule has 1 atom stereocenters. The van der Waals surface area contributed by atoms with Crippen LogP contribution in [0, 0.1) is 0 Å². The van der Waals surface area contributed by atoms with Crippen LogP contribution in [0.15, 0.2) is 83.6 Å². The molecule has 0 saturated heterocycles. The van der Waals surface area contributed by atoms with Crippen molar-refractivity contribution in [1.82, 2.24) is 30.7 Å². The van der Waals surface area contributed by atoms with Crippen molar-refractivity contribution in [2.45, 2.75) is 6.17 Å². The molecule has 1 unspecified atom stereocenters. The molecule has 0 saturated carbocycles. The molecule has 6 aromatic rings. The van der Waals surface area contributed by atoms with Gasteiger partial charge in [-0.3, -0.25) is 14.9 Å². The van der Waals surface area contributed by atoms with E-state index in [1.807, 2.05) is 54.0 Å². The maximum atomic E-state index is 12.7. The number of carbonyl (C=O) groups is 1. The van der Waals surface area contributed by atoms with E-state index in [1.54, 1.807) is 17.4 Å². The lowest BCUT2D eigenvalue weighted by molar-refractivity contribution is 0.102. The van der Waals surface area contributed by atoms with Crippen LogP contribution < -0.4 is 25.8 Å². The second kappa shape index (κ2) is 8.57. The van der Waals surface area contributed by atoms with Crippen molar-refractivity contribution < 1.29 is 4.79 Å². The van der Waals surface area contributed by atoms with Crippen molar-refractivity contribution in [2.75, 3.05) is 10.6 Å². The first kappa shape index (κ1) is 21.3. The van der Waals surface area contributed by atoms with Crippen LogP contribution in [0.1, 0.15) is 22.2 Å². The van der Waals surface area contributed by atoms with Crippen molar-refractivity contribution in [3.63, 3.8) is 0 Å². The van der Waals surface area contributed by atoms with Gasteiger partial charge in [-0.2, -0.15) is 15.3 Å². The Balaban J connectivity index is 1.18. The molecule has 10 nitrogen and oxygen atoms in total. The normalized spacial score (nSPS) is 14.7. The number of anilines is 2. The maximum absolute atomic E-state index is 12.7. The lowest BCUT2D eigenvalue weighted by atomic mass is 10.1. The third-order valence-electron chi connectivity index (χ3n) is 6.18. The Morgan fingerprint density at radius 3 is 2.81 bits per heavy atom. The summed E-state index contributed by atoms with van der Waals surface area (Å²) in [6.45, 7) is 0. The monoisotopic (exact) mass is 505 g/mol. The maximum Gasteiger partial charge on any atom is 0.272 e. The van der Waals surface area contributed by atoms with Gasteiger partial charge in [0.25, 0.3) is 5.91 Å². The fraction of sp³-hybridized carbons (Fsp3) is 0.0385. The number of amides is 1. The minimum atomic E-state index is -0.296. The number of aromatic amines is 2. The molecule has 0 spiro atoms. The molecule has 4 aromatic heterocycles. The van der Waals surface area contributed by atoms with E-state index < -0.39 is 0 Å². The summed E-state index contributed by atoms with van der Waals surface area (Å²) in [4.78, 5) is 20.9. The van der Waals surface area contributed by atoms with E-state index in [0.717, 1.165) is 48.8 Å². The second-order valence-corrected chi connectivity index (χ2v) is 9.51. The quantitative estimate of drug-likeness (QED) is 0.244. The van der Waals surface area contributed by atoms with Crippen LogP contribution in [0.3, 0.4) is 0 Å². The number of fused-ring (bicyclic) bond motifs is 3. The van der Waals surface area contributed by atoms with Crippen molar-refractivity contribution in [3.05, 3.63) is 99.7 Å². The molecule has 0 radical (unpaired) electrons. The van der Waals surface area contributed by atoms with Crippen molar-refractivity contribution in [1.29, 1.82) is 0 Å². The van der Waals surface area contributed by atoms with Crippen molar-refractivity contribution in [3.8, 4) is 0 Å². The molecular weight excluding hydrogens is 486 g/mol. The van der Waals surface area contributed by atoms with Gasteiger partial charge in [-0.1, -0.05) is 12.1 Å². The van der Waals surface area contributed by atoms with E-state index in [-0.39, 0.29) is 12.1 Å². The molecule has 11 heteroatoms. The first-order chi connectivity index (χ1) is 18.2. The summed E-state index contributed by atoms with van der Waals surface area (Å²) in [7, 11) is 0. The van der Waals surface area contributed by atoms with Crippen molar-refractivity contribution in [2.24, 2.45) is 4.99 Å². The van der Waals surface area contributed by atoms with E-state index in [0.29, 0.717) is 11.4 Å². The fourth-order valence-electron chi connectivity index (χ4n) is 4.38. The third kappa shape index (κ3) is 3.96. The SMILES string of the molecule is O=C(Nc1ccnnc1)c1cc2ccc(C3N=c4ccsc4=C(Nc4ccc5[nH]ncc5c4)N3)cc2[nH]1. The molecule has 0 aliphatic carbocycles. The minimum absolute atomic E-state index is 0.247. The lowest BCUT2D eigenvalue weighted by Crippen LogP contribution is -2.39. The first-order valence-corrected chi connectivity index (χ1v) is 12.4. The highest BCUT2D eigenvalue weighted by Crippen LogP contribution is 2.25.